The first kappa shape index (κ1) is 16.9. The Kier molecular flexibility index (Phi) is 5.43. The lowest BCUT2D eigenvalue weighted by molar-refractivity contribution is 0.524. The summed E-state index contributed by atoms with van der Waals surface area (Å²) in [6, 6.07) is 10.0. The zero-order valence-corrected chi connectivity index (χ0v) is 15.0. The van der Waals surface area contributed by atoms with Crippen LogP contribution in [-0.2, 0) is 0 Å². The molecular formula is C19H23N3OS. The van der Waals surface area contributed by atoms with Crippen LogP contribution in [0.1, 0.15) is 45.0 Å². The molecule has 0 spiro atoms. The average Bonchev–Trinajstić information content (AvgIpc) is 3.04. The highest BCUT2D eigenvalue weighted by Crippen LogP contribution is 2.30. The monoisotopic (exact) mass is 341 g/mol. The van der Waals surface area contributed by atoms with Crippen molar-refractivity contribution in [3.63, 3.8) is 0 Å². The summed E-state index contributed by atoms with van der Waals surface area (Å²) in [6.45, 7) is 5.18. The molecule has 1 aromatic carbocycles. The zero-order chi connectivity index (χ0) is 16.9. The van der Waals surface area contributed by atoms with E-state index in [0.717, 1.165) is 28.9 Å². The van der Waals surface area contributed by atoms with Gasteiger partial charge in [-0.25, -0.2) is 4.98 Å². The second-order valence-corrected chi connectivity index (χ2v) is 6.89. The predicted molar refractivity (Wildman–Crippen MR) is 102 cm³/mol. The lowest BCUT2D eigenvalue weighted by Gasteiger charge is -2.12. The van der Waals surface area contributed by atoms with E-state index in [2.05, 4.69) is 22.2 Å². The largest absolute Gasteiger partial charge is 0.309 e. The molecule has 2 N–H and O–H groups in total. The molecule has 3 aromatic rings. The highest BCUT2D eigenvalue weighted by atomic mass is 32.1. The van der Waals surface area contributed by atoms with Crippen molar-refractivity contribution in [2.24, 2.45) is 0 Å². The summed E-state index contributed by atoms with van der Waals surface area (Å²) in [4.78, 5) is 21.1. The fraction of sp³-hybridized carbons (Fsp3) is 0.368. The Bertz CT molecular complexity index is 854. The van der Waals surface area contributed by atoms with Crippen LogP contribution in [0.3, 0.4) is 0 Å². The van der Waals surface area contributed by atoms with Crippen molar-refractivity contribution in [1.82, 2.24) is 15.3 Å². The van der Waals surface area contributed by atoms with Gasteiger partial charge in [0.05, 0.1) is 11.4 Å². The first-order chi connectivity index (χ1) is 11.7. The van der Waals surface area contributed by atoms with E-state index in [9.17, 15) is 4.79 Å². The van der Waals surface area contributed by atoms with Gasteiger partial charge in [0.15, 0.2) is 0 Å². The molecular weight excluding hydrogens is 318 g/mol. The number of unbranched alkanes of at least 4 members (excludes halogenated alkanes) is 2. The second-order valence-electron chi connectivity index (χ2n) is 6.03. The number of thiophene rings is 1. The second kappa shape index (κ2) is 7.73. The Hall–Kier alpha value is -1.98. The zero-order valence-electron chi connectivity index (χ0n) is 14.1. The molecule has 1 atom stereocenters. The SMILES string of the molecule is CCCCCNC(C)c1nc2scc(-c3ccccc3)c2c(=O)[nH]1. The number of nitrogens with zero attached hydrogens (tertiary/aromatic N) is 1. The van der Waals surface area contributed by atoms with Gasteiger partial charge in [0.25, 0.3) is 5.56 Å². The molecule has 0 aliphatic heterocycles. The van der Waals surface area contributed by atoms with Crippen molar-refractivity contribution in [2.75, 3.05) is 6.54 Å². The highest BCUT2D eigenvalue weighted by molar-refractivity contribution is 7.17. The van der Waals surface area contributed by atoms with Gasteiger partial charge < -0.3 is 10.3 Å². The molecule has 0 aliphatic rings. The van der Waals surface area contributed by atoms with Crippen molar-refractivity contribution < 1.29 is 0 Å². The normalized spacial score (nSPS) is 12.6. The number of fused-ring (bicyclic) bond motifs is 1. The number of rotatable bonds is 7. The third kappa shape index (κ3) is 3.57. The minimum Gasteiger partial charge on any atom is -0.309 e. The number of hydrogen-bond donors (Lipinski definition) is 2. The molecule has 0 fully saturated rings. The molecule has 0 aliphatic carbocycles. The topological polar surface area (TPSA) is 57.8 Å². The highest BCUT2D eigenvalue weighted by Gasteiger charge is 2.15. The Balaban J connectivity index is 1.88. The van der Waals surface area contributed by atoms with Gasteiger partial charge in [-0.1, -0.05) is 50.1 Å². The van der Waals surface area contributed by atoms with Crippen molar-refractivity contribution >= 4 is 21.6 Å². The average molecular weight is 341 g/mol. The smallest absolute Gasteiger partial charge is 0.260 e. The summed E-state index contributed by atoms with van der Waals surface area (Å²) in [6.07, 6.45) is 3.56. The Morgan fingerprint density at radius 2 is 2.04 bits per heavy atom. The van der Waals surface area contributed by atoms with Crippen LogP contribution in [0.25, 0.3) is 21.3 Å². The van der Waals surface area contributed by atoms with Crippen LogP contribution in [-0.4, -0.2) is 16.5 Å². The quantitative estimate of drug-likeness (QED) is 0.622. The molecule has 5 heteroatoms. The summed E-state index contributed by atoms with van der Waals surface area (Å²) >= 11 is 1.53. The number of hydrogen-bond acceptors (Lipinski definition) is 4. The van der Waals surface area contributed by atoms with Gasteiger partial charge in [-0.05, 0) is 25.5 Å². The maximum absolute atomic E-state index is 12.6. The molecule has 126 valence electrons. The molecule has 0 saturated carbocycles. The maximum atomic E-state index is 12.6. The maximum Gasteiger partial charge on any atom is 0.260 e. The third-order valence-corrected chi connectivity index (χ3v) is 5.06. The molecule has 1 unspecified atom stereocenters. The Labute approximate surface area is 146 Å². The van der Waals surface area contributed by atoms with Gasteiger partial charge in [0.2, 0.25) is 0 Å². The standard InChI is InChI=1S/C19H23N3OS/c1-3-4-8-11-20-13(2)17-21-18(23)16-15(12-24-19(16)22-17)14-9-6-5-7-10-14/h5-7,9-10,12-13,20H,3-4,8,11H2,1-2H3,(H,21,22,23). The summed E-state index contributed by atoms with van der Waals surface area (Å²) in [7, 11) is 0. The molecule has 0 amide bonds. The fourth-order valence-corrected chi connectivity index (χ4v) is 3.75. The fourth-order valence-electron chi connectivity index (χ4n) is 2.79. The predicted octanol–water partition coefficient (Wildman–Crippen LogP) is 4.49. The summed E-state index contributed by atoms with van der Waals surface area (Å²) in [5.74, 6) is 0.713. The van der Waals surface area contributed by atoms with Crippen LogP contribution in [0.4, 0.5) is 0 Å². The van der Waals surface area contributed by atoms with Crippen molar-refractivity contribution in [1.29, 1.82) is 0 Å². The van der Waals surface area contributed by atoms with Gasteiger partial charge in [-0.2, -0.15) is 0 Å². The number of benzene rings is 1. The Morgan fingerprint density at radius 1 is 1.25 bits per heavy atom. The molecule has 0 radical (unpaired) electrons. The first-order valence-electron chi connectivity index (χ1n) is 8.51. The van der Waals surface area contributed by atoms with Gasteiger partial charge in [0, 0.05) is 10.9 Å². The van der Waals surface area contributed by atoms with Crippen LogP contribution in [0, 0.1) is 0 Å². The minimum absolute atomic E-state index is 0.0428. The van der Waals surface area contributed by atoms with E-state index in [-0.39, 0.29) is 11.6 Å². The van der Waals surface area contributed by atoms with Crippen LogP contribution < -0.4 is 10.9 Å². The molecule has 2 aromatic heterocycles. The van der Waals surface area contributed by atoms with Gasteiger partial charge in [-0.15, -0.1) is 11.3 Å². The van der Waals surface area contributed by atoms with E-state index in [1.54, 1.807) is 0 Å². The molecule has 3 rings (SSSR count). The van der Waals surface area contributed by atoms with E-state index >= 15 is 0 Å². The summed E-state index contributed by atoms with van der Waals surface area (Å²) in [5.41, 5.74) is 1.95. The van der Waals surface area contributed by atoms with Gasteiger partial charge >= 0.3 is 0 Å². The molecule has 2 heterocycles. The van der Waals surface area contributed by atoms with Gasteiger partial charge in [0.1, 0.15) is 10.7 Å². The van der Waals surface area contributed by atoms with E-state index in [4.69, 9.17) is 0 Å². The molecule has 0 saturated heterocycles. The molecule has 24 heavy (non-hydrogen) atoms. The van der Waals surface area contributed by atoms with Crippen LogP contribution >= 0.6 is 11.3 Å². The molecule has 0 bridgehead atoms. The van der Waals surface area contributed by atoms with E-state index in [0.29, 0.717) is 11.2 Å². The first-order valence-corrected chi connectivity index (χ1v) is 9.39. The summed E-state index contributed by atoms with van der Waals surface area (Å²) < 4.78 is 0. The number of nitrogens with one attached hydrogen (secondary N) is 2. The number of aromatic amines is 1. The molecule has 4 nitrogen and oxygen atoms in total. The number of aromatic nitrogens is 2. The van der Waals surface area contributed by atoms with E-state index in [1.807, 2.05) is 42.6 Å². The minimum atomic E-state index is -0.0580. The van der Waals surface area contributed by atoms with Crippen LogP contribution in [0.2, 0.25) is 0 Å². The van der Waals surface area contributed by atoms with Crippen LogP contribution in [0.5, 0.6) is 0 Å². The van der Waals surface area contributed by atoms with E-state index in [1.165, 1.54) is 24.2 Å². The van der Waals surface area contributed by atoms with Crippen molar-refractivity contribution in [2.45, 2.75) is 39.2 Å². The Morgan fingerprint density at radius 3 is 2.79 bits per heavy atom. The number of H-pyrrole nitrogens is 1. The lowest BCUT2D eigenvalue weighted by Crippen LogP contribution is -2.24. The van der Waals surface area contributed by atoms with Gasteiger partial charge in [-0.3, -0.25) is 4.79 Å². The lowest BCUT2D eigenvalue weighted by atomic mass is 10.1. The van der Waals surface area contributed by atoms with Crippen molar-refractivity contribution in [3.8, 4) is 11.1 Å². The summed E-state index contributed by atoms with van der Waals surface area (Å²) in [5, 5.41) is 6.14. The van der Waals surface area contributed by atoms with Crippen molar-refractivity contribution in [3.05, 3.63) is 51.9 Å². The third-order valence-electron chi connectivity index (χ3n) is 4.19. The van der Waals surface area contributed by atoms with Crippen LogP contribution in [0.15, 0.2) is 40.5 Å². The van der Waals surface area contributed by atoms with E-state index < -0.39 is 0 Å².